The summed E-state index contributed by atoms with van der Waals surface area (Å²) in [4.78, 5) is 21.2. The van der Waals surface area contributed by atoms with Crippen LogP contribution in [-0.2, 0) is 6.61 Å². The molecule has 0 radical (unpaired) electrons. The first-order valence-corrected chi connectivity index (χ1v) is 14.4. The Labute approximate surface area is 261 Å². The lowest BCUT2D eigenvalue weighted by Crippen LogP contribution is -2.48. The van der Waals surface area contributed by atoms with Crippen LogP contribution in [0.25, 0.3) is 21.9 Å². The van der Waals surface area contributed by atoms with E-state index in [1.807, 2.05) is 12.1 Å². The molecule has 234 valence electrons. The zero-order valence-electron chi connectivity index (χ0n) is 24.0. The first-order valence-electron chi connectivity index (χ1n) is 14.4. The molecule has 2 aromatic heterocycles. The molecule has 2 aromatic carbocycles. The molecular formula is C31H38Cl2F2N4O4. The molecular weight excluding hydrogens is 601 g/mol. The van der Waals surface area contributed by atoms with E-state index >= 15 is 0 Å². The minimum Gasteiger partial charge on any atom is -0.488 e. The molecule has 0 aliphatic carbocycles. The van der Waals surface area contributed by atoms with E-state index in [1.54, 1.807) is 12.1 Å². The second-order valence-corrected chi connectivity index (χ2v) is 11.4. The minimum atomic E-state index is -0.700. The van der Waals surface area contributed by atoms with Gasteiger partial charge in [-0.2, -0.15) is 0 Å². The fraction of sp³-hybridized carbons (Fsp3) is 0.452. The average Bonchev–Trinajstić information content (AvgIpc) is 3.58. The van der Waals surface area contributed by atoms with Crippen LogP contribution < -0.4 is 10.1 Å². The van der Waals surface area contributed by atoms with Crippen molar-refractivity contribution in [3.8, 4) is 5.75 Å². The van der Waals surface area contributed by atoms with Crippen molar-refractivity contribution in [2.45, 2.75) is 44.9 Å². The summed E-state index contributed by atoms with van der Waals surface area (Å²) in [6.45, 7) is 7.94. The molecule has 12 heteroatoms. The number of piperidine rings is 2. The van der Waals surface area contributed by atoms with Gasteiger partial charge in [-0.1, -0.05) is 13.0 Å². The van der Waals surface area contributed by atoms with Crippen LogP contribution in [0.1, 0.15) is 42.2 Å². The topological polar surface area (TPSA) is 94.0 Å². The summed E-state index contributed by atoms with van der Waals surface area (Å²) in [5, 5.41) is 14.1. The number of benzene rings is 2. The van der Waals surface area contributed by atoms with E-state index in [9.17, 15) is 18.7 Å². The Kier molecular flexibility index (Phi) is 10.9. The molecule has 1 amide bonds. The number of ether oxygens (including phenoxy) is 1. The first kappa shape index (κ1) is 33.0. The fourth-order valence-corrected chi connectivity index (χ4v) is 6.05. The summed E-state index contributed by atoms with van der Waals surface area (Å²) < 4.78 is 39.2. The number of carbonyl (C=O) groups excluding carboxylic acids is 1. The summed E-state index contributed by atoms with van der Waals surface area (Å²) in [6, 6.07) is 9.34. The number of aromatic amines is 1. The van der Waals surface area contributed by atoms with Gasteiger partial charge in [-0.05, 0) is 43.4 Å². The highest BCUT2D eigenvalue weighted by molar-refractivity contribution is 5.99. The van der Waals surface area contributed by atoms with Crippen molar-refractivity contribution in [2.24, 2.45) is 5.92 Å². The number of aliphatic hydroxyl groups is 1. The van der Waals surface area contributed by atoms with E-state index in [1.165, 1.54) is 6.26 Å². The minimum absolute atomic E-state index is 0. The number of halogens is 4. The number of carbonyl (C=O) groups is 1. The molecule has 2 saturated heterocycles. The van der Waals surface area contributed by atoms with E-state index in [0.29, 0.717) is 22.9 Å². The number of rotatable bonds is 8. The Balaban J connectivity index is 0.00000212. The second-order valence-electron chi connectivity index (χ2n) is 11.4. The number of nitrogens with one attached hydrogen (secondary N) is 2. The Morgan fingerprint density at radius 2 is 1.84 bits per heavy atom. The SMILES string of the molecule is C[C@H]1CN(CCN2CCC(NC(=O)c3cc4c(OCc5coc6cc(F)cc(F)c56)cccc4[nH]3)CC2)CC[C@@H]1O.Cl.Cl. The molecule has 4 heterocycles. The summed E-state index contributed by atoms with van der Waals surface area (Å²) in [6.07, 6.45) is 3.83. The number of hydrogen-bond acceptors (Lipinski definition) is 6. The number of hydrogen-bond donors (Lipinski definition) is 3. The number of likely N-dealkylation sites (tertiary alicyclic amines) is 2. The predicted octanol–water partition coefficient (Wildman–Crippen LogP) is 5.51. The standard InChI is InChI=1S/C31H36F2N4O4.2ClH/c1-19-16-37(10-7-27(19)38)12-11-36-8-5-22(6-9-36)34-31(39)26-15-23-25(35-26)3-2-4-28(23)40-17-20-18-41-29-14-21(32)13-24(33)30(20)29;;/h2-4,13-15,18-19,22,27,35,38H,5-12,16-17H2,1H3,(H,34,39);2*1H/t19-,27-;;/m0../s1. The van der Waals surface area contributed by atoms with Crippen LogP contribution in [0.2, 0.25) is 0 Å². The maximum atomic E-state index is 14.3. The molecule has 0 saturated carbocycles. The molecule has 0 spiro atoms. The van der Waals surface area contributed by atoms with E-state index in [2.05, 4.69) is 27.0 Å². The highest BCUT2D eigenvalue weighted by atomic mass is 35.5. The van der Waals surface area contributed by atoms with Crippen molar-refractivity contribution in [1.82, 2.24) is 20.1 Å². The maximum Gasteiger partial charge on any atom is 0.267 e. The average molecular weight is 640 g/mol. The van der Waals surface area contributed by atoms with Crippen LogP contribution in [0.4, 0.5) is 8.78 Å². The van der Waals surface area contributed by atoms with E-state index in [-0.39, 0.29) is 60.4 Å². The summed E-state index contributed by atoms with van der Waals surface area (Å²) >= 11 is 0. The Morgan fingerprint density at radius 1 is 1.09 bits per heavy atom. The molecule has 3 N–H and O–H groups in total. The molecule has 4 aromatic rings. The van der Waals surface area contributed by atoms with Gasteiger partial charge in [-0.3, -0.25) is 4.79 Å². The monoisotopic (exact) mass is 638 g/mol. The normalized spacial score (nSPS) is 20.1. The predicted molar refractivity (Wildman–Crippen MR) is 166 cm³/mol. The lowest BCUT2D eigenvalue weighted by molar-refractivity contribution is 0.0301. The lowest BCUT2D eigenvalue weighted by atomic mass is 9.97. The van der Waals surface area contributed by atoms with Crippen molar-refractivity contribution >= 4 is 52.6 Å². The molecule has 2 fully saturated rings. The summed E-state index contributed by atoms with van der Waals surface area (Å²) in [7, 11) is 0. The van der Waals surface area contributed by atoms with Crippen LogP contribution in [0, 0.1) is 17.6 Å². The van der Waals surface area contributed by atoms with Crippen LogP contribution in [0.15, 0.2) is 47.1 Å². The molecule has 2 atom stereocenters. The number of aliphatic hydroxyl groups excluding tert-OH is 1. The molecule has 2 aliphatic heterocycles. The van der Waals surface area contributed by atoms with Crippen LogP contribution >= 0.6 is 24.8 Å². The van der Waals surface area contributed by atoms with Gasteiger partial charge in [0, 0.05) is 73.9 Å². The van der Waals surface area contributed by atoms with Crippen LogP contribution in [0.5, 0.6) is 5.75 Å². The molecule has 6 rings (SSSR count). The Bertz CT molecular complexity index is 1540. The molecule has 0 bridgehead atoms. The van der Waals surface area contributed by atoms with Crippen LogP contribution in [-0.4, -0.2) is 77.2 Å². The second kappa shape index (κ2) is 14.3. The summed E-state index contributed by atoms with van der Waals surface area (Å²) in [5.74, 6) is -0.688. The van der Waals surface area contributed by atoms with Crippen molar-refractivity contribution < 1.29 is 27.8 Å². The highest BCUT2D eigenvalue weighted by Gasteiger charge is 2.26. The van der Waals surface area contributed by atoms with Crippen molar-refractivity contribution in [2.75, 3.05) is 39.3 Å². The lowest BCUT2D eigenvalue weighted by Gasteiger charge is -2.37. The van der Waals surface area contributed by atoms with E-state index < -0.39 is 11.6 Å². The van der Waals surface area contributed by atoms with Crippen molar-refractivity contribution in [1.29, 1.82) is 0 Å². The number of fused-ring (bicyclic) bond motifs is 2. The number of furan rings is 1. The first-order chi connectivity index (χ1) is 19.8. The Hall–Kier alpha value is -2.89. The third-order valence-electron chi connectivity index (χ3n) is 8.52. The van der Waals surface area contributed by atoms with Gasteiger partial charge in [0.25, 0.3) is 5.91 Å². The number of aromatic nitrogens is 1. The van der Waals surface area contributed by atoms with E-state index in [4.69, 9.17) is 9.15 Å². The van der Waals surface area contributed by atoms with Gasteiger partial charge in [0.2, 0.25) is 0 Å². The molecule has 2 aliphatic rings. The molecule has 8 nitrogen and oxygen atoms in total. The third-order valence-corrected chi connectivity index (χ3v) is 8.52. The van der Waals surface area contributed by atoms with Gasteiger partial charge in [0.15, 0.2) is 0 Å². The number of nitrogens with zero attached hydrogens (tertiary/aromatic N) is 2. The Morgan fingerprint density at radius 3 is 2.60 bits per heavy atom. The highest BCUT2D eigenvalue weighted by Crippen LogP contribution is 2.30. The number of amides is 1. The van der Waals surface area contributed by atoms with Crippen LogP contribution in [0.3, 0.4) is 0 Å². The van der Waals surface area contributed by atoms with Crippen molar-refractivity contribution in [3.63, 3.8) is 0 Å². The van der Waals surface area contributed by atoms with Gasteiger partial charge in [-0.15, -0.1) is 24.8 Å². The van der Waals surface area contributed by atoms with Gasteiger partial charge in [0.1, 0.15) is 35.3 Å². The largest absolute Gasteiger partial charge is 0.488 e. The fourth-order valence-electron chi connectivity index (χ4n) is 6.05. The van der Waals surface area contributed by atoms with E-state index in [0.717, 1.165) is 81.6 Å². The summed E-state index contributed by atoms with van der Waals surface area (Å²) in [5.41, 5.74) is 1.81. The van der Waals surface area contributed by atoms with Gasteiger partial charge in [0.05, 0.1) is 17.8 Å². The molecule has 0 unspecified atom stereocenters. The van der Waals surface area contributed by atoms with Gasteiger partial charge in [-0.25, -0.2) is 8.78 Å². The number of H-pyrrole nitrogens is 1. The van der Waals surface area contributed by atoms with Gasteiger partial charge < -0.3 is 34.4 Å². The van der Waals surface area contributed by atoms with Gasteiger partial charge >= 0.3 is 0 Å². The zero-order chi connectivity index (χ0) is 28.5. The quantitative estimate of drug-likeness (QED) is 0.236. The zero-order valence-corrected chi connectivity index (χ0v) is 25.6. The maximum absolute atomic E-state index is 14.3. The third kappa shape index (κ3) is 7.44. The smallest absolute Gasteiger partial charge is 0.267 e. The molecule has 43 heavy (non-hydrogen) atoms. The van der Waals surface area contributed by atoms with Crippen molar-refractivity contribution in [3.05, 3.63) is 65.6 Å².